The monoisotopic (exact) mass is 381 g/mol. The first kappa shape index (κ1) is 21.5. The molecule has 0 N–H and O–H groups in total. The van der Waals surface area contributed by atoms with Gasteiger partial charge in [0.2, 0.25) is 0 Å². The van der Waals surface area contributed by atoms with E-state index in [9.17, 15) is 4.79 Å². The molecule has 2 rings (SSSR count). The smallest absolute Gasteiger partial charge is 0.409 e. The molecule has 4 nitrogen and oxygen atoms in total. The van der Waals surface area contributed by atoms with Gasteiger partial charge in [0, 0.05) is 19.2 Å². The minimum atomic E-state index is -0.284. The van der Waals surface area contributed by atoms with Crippen molar-refractivity contribution in [1.29, 1.82) is 0 Å². The largest absolute Gasteiger partial charge is 0.488 e. The molecule has 0 fully saturated rings. The third kappa shape index (κ3) is 5.62. The number of hydrogen-bond donors (Lipinski definition) is 0. The van der Waals surface area contributed by atoms with E-state index < -0.39 is 0 Å². The average Bonchev–Trinajstić information content (AvgIpc) is 2.88. The van der Waals surface area contributed by atoms with E-state index in [-0.39, 0.29) is 6.09 Å². The van der Waals surface area contributed by atoms with Crippen LogP contribution in [0.25, 0.3) is 5.57 Å². The van der Waals surface area contributed by atoms with E-state index in [1.807, 2.05) is 38.1 Å². The number of carbonyl (C=O) groups is 1. The van der Waals surface area contributed by atoms with Crippen LogP contribution in [0.15, 0.2) is 65.8 Å². The van der Waals surface area contributed by atoms with Crippen molar-refractivity contribution in [1.82, 2.24) is 4.90 Å². The number of amides is 1. The molecule has 1 aromatic rings. The van der Waals surface area contributed by atoms with Crippen LogP contribution in [0.2, 0.25) is 0 Å². The maximum atomic E-state index is 11.9. The van der Waals surface area contributed by atoms with E-state index >= 15 is 0 Å². The highest BCUT2D eigenvalue weighted by Gasteiger charge is 2.17. The fourth-order valence-corrected chi connectivity index (χ4v) is 3.14. The fourth-order valence-electron chi connectivity index (χ4n) is 3.14. The summed E-state index contributed by atoms with van der Waals surface area (Å²) in [4.78, 5) is 13.5. The number of ether oxygens (including phenoxy) is 2. The molecule has 28 heavy (non-hydrogen) atoms. The predicted molar refractivity (Wildman–Crippen MR) is 115 cm³/mol. The Morgan fingerprint density at radius 3 is 2.75 bits per heavy atom. The number of rotatable bonds is 7. The summed E-state index contributed by atoms with van der Waals surface area (Å²) in [6.07, 6.45) is 7.56. The standard InChI is InChI=1S/C24H31NO3/c1-6-18(4)15-19-16-22(21-11-9-10-12-23(21)28-17-19)20(7-2)13-14-25(5)24(26)27-8-3/h6,9-12,15-16H,1,7-8,13-14,17H2,2-5H3/b18-15-,22-20+. The number of carbonyl (C=O) groups excluding carboxylic acids is 1. The number of hydrogen-bond acceptors (Lipinski definition) is 3. The third-order valence-electron chi connectivity index (χ3n) is 4.77. The molecule has 0 aromatic heterocycles. The Morgan fingerprint density at radius 1 is 1.32 bits per heavy atom. The van der Waals surface area contributed by atoms with Crippen LogP contribution in [0.5, 0.6) is 5.75 Å². The normalized spacial score (nSPS) is 15.6. The first-order valence-electron chi connectivity index (χ1n) is 9.83. The Balaban J connectivity index is 2.41. The van der Waals surface area contributed by atoms with Crippen LogP contribution in [0.1, 0.15) is 39.2 Å². The summed E-state index contributed by atoms with van der Waals surface area (Å²) in [6, 6.07) is 8.13. The van der Waals surface area contributed by atoms with E-state index in [0.717, 1.165) is 35.3 Å². The number of para-hydroxylation sites is 1. The maximum absolute atomic E-state index is 11.9. The fraction of sp³-hybridized carbons (Fsp3) is 0.375. The van der Waals surface area contributed by atoms with Crippen molar-refractivity contribution in [3.8, 4) is 5.75 Å². The highest BCUT2D eigenvalue weighted by molar-refractivity contribution is 5.82. The molecular formula is C24H31NO3. The predicted octanol–water partition coefficient (Wildman–Crippen LogP) is 5.78. The summed E-state index contributed by atoms with van der Waals surface area (Å²) in [5.41, 5.74) is 5.76. The Kier molecular flexibility index (Phi) is 8.12. The number of nitrogens with zero attached hydrogens (tertiary/aromatic N) is 1. The molecule has 0 radical (unpaired) electrons. The molecule has 0 atom stereocenters. The van der Waals surface area contributed by atoms with Crippen molar-refractivity contribution < 1.29 is 14.3 Å². The van der Waals surface area contributed by atoms with Gasteiger partial charge in [0.1, 0.15) is 12.4 Å². The number of allylic oxidation sites excluding steroid dienone is 4. The molecule has 1 aliphatic rings. The van der Waals surface area contributed by atoms with Gasteiger partial charge in [0.15, 0.2) is 0 Å². The highest BCUT2D eigenvalue weighted by atomic mass is 16.6. The second-order valence-corrected chi connectivity index (χ2v) is 6.84. The first-order chi connectivity index (χ1) is 13.5. The van der Waals surface area contributed by atoms with Gasteiger partial charge in [-0.05, 0) is 50.0 Å². The van der Waals surface area contributed by atoms with Crippen molar-refractivity contribution >= 4 is 11.7 Å². The molecule has 1 heterocycles. The molecule has 0 bridgehead atoms. The molecule has 0 saturated heterocycles. The van der Waals surface area contributed by atoms with E-state index in [0.29, 0.717) is 19.8 Å². The summed E-state index contributed by atoms with van der Waals surface area (Å²) in [5, 5.41) is 0. The SMILES string of the molecule is C=C/C(C)=C\C1=CC(=C(/CC)CCN(C)C(=O)OCC)/c2ccccc2OC1. The Bertz CT molecular complexity index is 802. The number of fused-ring (bicyclic) bond motifs is 1. The van der Waals surface area contributed by atoms with E-state index in [1.165, 1.54) is 11.1 Å². The van der Waals surface area contributed by atoms with Crippen LogP contribution in [-0.4, -0.2) is 37.8 Å². The summed E-state index contributed by atoms with van der Waals surface area (Å²) in [7, 11) is 1.78. The lowest BCUT2D eigenvalue weighted by molar-refractivity contribution is 0.116. The Hall–Kier alpha value is -2.75. The Morgan fingerprint density at radius 2 is 2.07 bits per heavy atom. The van der Waals surface area contributed by atoms with Gasteiger partial charge in [0.25, 0.3) is 0 Å². The highest BCUT2D eigenvalue weighted by Crippen LogP contribution is 2.35. The van der Waals surface area contributed by atoms with Crippen LogP contribution < -0.4 is 4.74 Å². The molecular weight excluding hydrogens is 350 g/mol. The van der Waals surface area contributed by atoms with Gasteiger partial charge < -0.3 is 14.4 Å². The minimum Gasteiger partial charge on any atom is -0.488 e. The third-order valence-corrected chi connectivity index (χ3v) is 4.77. The van der Waals surface area contributed by atoms with E-state index in [2.05, 4.69) is 31.7 Å². The van der Waals surface area contributed by atoms with Crippen molar-refractivity contribution in [2.24, 2.45) is 0 Å². The quantitative estimate of drug-likeness (QED) is 0.562. The zero-order valence-corrected chi connectivity index (χ0v) is 17.5. The molecule has 0 saturated carbocycles. The Labute approximate surface area is 168 Å². The van der Waals surface area contributed by atoms with Gasteiger partial charge in [-0.3, -0.25) is 0 Å². The minimum absolute atomic E-state index is 0.284. The summed E-state index contributed by atoms with van der Waals surface area (Å²) >= 11 is 0. The molecule has 150 valence electrons. The lowest BCUT2D eigenvalue weighted by Crippen LogP contribution is -2.28. The van der Waals surface area contributed by atoms with Crippen LogP contribution in [0.3, 0.4) is 0 Å². The van der Waals surface area contributed by atoms with Crippen LogP contribution in [0.4, 0.5) is 4.79 Å². The van der Waals surface area contributed by atoms with Crippen molar-refractivity contribution in [2.45, 2.75) is 33.6 Å². The summed E-state index contributed by atoms with van der Waals surface area (Å²) in [5.74, 6) is 0.887. The average molecular weight is 382 g/mol. The molecule has 0 spiro atoms. The van der Waals surface area contributed by atoms with Gasteiger partial charge in [-0.2, -0.15) is 0 Å². The molecule has 0 aliphatic carbocycles. The van der Waals surface area contributed by atoms with Crippen LogP contribution in [-0.2, 0) is 4.74 Å². The van der Waals surface area contributed by atoms with Gasteiger partial charge in [-0.1, -0.05) is 55.0 Å². The van der Waals surface area contributed by atoms with E-state index in [4.69, 9.17) is 9.47 Å². The maximum Gasteiger partial charge on any atom is 0.409 e. The van der Waals surface area contributed by atoms with Crippen LogP contribution in [0, 0.1) is 0 Å². The van der Waals surface area contributed by atoms with E-state index in [1.54, 1.807) is 11.9 Å². The molecule has 1 aromatic carbocycles. The second kappa shape index (κ2) is 10.5. The summed E-state index contributed by atoms with van der Waals surface area (Å²) < 4.78 is 11.1. The zero-order valence-electron chi connectivity index (χ0n) is 17.5. The van der Waals surface area contributed by atoms with Gasteiger partial charge in [0.05, 0.1) is 6.61 Å². The number of benzene rings is 1. The summed E-state index contributed by atoms with van der Waals surface area (Å²) in [6.45, 7) is 11.4. The second-order valence-electron chi connectivity index (χ2n) is 6.84. The first-order valence-corrected chi connectivity index (χ1v) is 9.83. The molecule has 1 amide bonds. The lowest BCUT2D eigenvalue weighted by Gasteiger charge is -2.19. The zero-order chi connectivity index (χ0) is 20.5. The van der Waals surface area contributed by atoms with Gasteiger partial charge in [-0.25, -0.2) is 4.79 Å². The van der Waals surface area contributed by atoms with Crippen LogP contribution >= 0.6 is 0 Å². The molecule has 1 aliphatic heterocycles. The van der Waals surface area contributed by atoms with Gasteiger partial charge in [-0.15, -0.1) is 0 Å². The lowest BCUT2D eigenvalue weighted by atomic mass is 9.93. The molecule has 4 heteroatoms. The molecule has 0 unspecified atom stereocenters. The van der Waals surface area contributed by atoms with Crippen molar-refractivity contribution in [3.05, 3.63) is 71.4 Å². The van der Waals surface area contributed by atoms with Crippen molar-refractivity contribution in [2.75, 3.05) is 26.8 Å². The van der Waals surface area contributed by atoms with Crippen molar-refractivity contribution in [3.63, 3.8) is 0 Å². The topological polar surface area (TPSA) is 38.8 Å². The van der Waals surface area contributed by atoms with Gasteiger partial charge >= 0.3 is 6.09 Å².